The Morgan fingerprint density at radius 2 is 1.19 bits per heavy atom. The zero-order chi connectivity index (χ0) is 26.8. The normalized spacial score (nSPS) is 13.5. The van der Waals surface area contributed by atoms with E-state index in [0.717, 1.165) is 23.9 Å². The summed E-state index contributed by atoms with van der Waals surface area (Å²) in [5.74, 6) is 0.879. The Kier molecular flexibility index (Phi) is 7.89. The van der Waals surface area contributed by atoms with Crippen molar-refractivity contribution in [2.75, 3.05) is 7.11 Å². The first-order chi connectivity index (χ1) is 17.5. The quantitative estimate of drug-likeness (QED) is 0.160. The molecule has 0 heterocycles. The van der Waals surface area contributed by atoms with Crippen molar-refractivity contribution in [1.82, 2.24) is 0 Å². The van der Waals surface area contributed by atoms with Crippen LogP contribution in [0.2, 0.25) is 18.1 Å². The number of halogens is 1. The first-order valence-electron chi connectivity index (χ1n) is 12.8. The molecule has 0 saturated heterocycles. The van der Waals surface area contributed by atoms with Crippen LogP contribution in [0.15, 0.2) is 109 Å². The van der Waals surface area contributed by atoms with Gasteiger partial charge in [0.05, 0.1) is 0 Å². The molecule has 194 valence electrons. The molecular formula is C32H38BrO2PSi. The van der Waals surface area contributed by atoms with Crippen molar-refractivity contribution in [3.8, 4) is 5.75 Å². The van der Waals surface area contributed by atoms with Crippen LogP contribution in [0.4, 0.5) is 0 Å². The average molecular weight is 594 g/mol. The predicted molar refractivity (Wildman–Crippen MR) is 168 cm³/mol. The van der Waals surface area contributed by atoms with Crippen molar-refractivity contribution < 1.29 is 9.53 Å². The zero-order valence-corrected chi connectivity index (χ0v) is 26.0. The molecule has 0 aliphatic rings. The van der Waals surface area contributed by atoms with E-state index in [1.807, 2.05) is 13.1 Å². The molecule has 0 spiro atoms. The summed E-state index contributed by atoms with van der Waals surface area (Å²) in [6, 6.07) is 39.3. The third-order valence-electron chi connectivity index (χ3n) is 8.00. The fourth-order valence-corrected chi connectivity index (χ4v) is 13.4. The van der Waals surface area contributed by atoms with Gasteiger partial charge in [-0.05, 0) is 0 Å². The molecule has 0 saturated carbocycles. The van der Waals surface area contributed by atoms with Gasteiger partial charge < -0.3 is 0 Å². The third kappa shape index (κ3) is 5.22. The topological polar surface area (TPSA) is 29.5 Å². The Bertz CT molecular complexity index is 1240. The van der Waals surface area contributed by atoms with Crippen LogP contribution in [0.25, 0.3) is 0 Å². The molecule has 0 amide bonds. The SMILES string of the molecule is COc1ccc(CP(Br)(c2ccccc2)(c2ccccc2)c2ccccc2)cc1CC(C)(C)[Si](C)(C)O. The predicted octanol–water partition coefficient (Wildman–Crippen LogP) is 7.56. The zero-order valence-electron chi connectivity index (χ0n) is 22.5. The van der Waals surface area contributed by atoms with E-state index in [1.54, 1.807) is 7.11 Å². The maximum absolute atomic E-state index is 11.0. The van der Waals surface area contributed by atoms with Crippen LogP contribution in [0, 0.1) is 0 Å². The molecule has 5 heteroatoms. The van der Waals surface area contributed by atoms with Crippen LogP contribution >= 0.6 is 20.8 Å². The van der Waals surface area contributed by atoms with Gasteiger partial charge >= 0.3 is 232 Å². The second-order valence-electron chi connectivity index (χ2n) is 11.1. The van der Waals surface area contributed by atoms with E-state index in [4.69, 9.17) is 4.74 Å². The van der Waals surface area contributed by atoms with Gasteiger partial charge in [0.1, 0.15) is 0 Å². The molecule has 0 radical (unpaired) electrons. The van der Waals surface area contributed by atoms with Gasteiger partial charge in [0.15, 0.2) is 0 Å². The molecule has 1 N–H and O–H groups in total. The number of ether oxygens (including phenoxy) is 1. The van der Waals surface area contributed by atoms with E-state index in [-0.39, 0.29) is 5.04 Å². The molecule has 4 rings (SSSR count). The van der Waals surface area contributed by atoms with E-state index in [9.17, 15) is 4.80 Å². The number of methoxy groups -OCH3 is 1. The molecule has 2 nitrogen and oxygen atoms in total. The second kappa shape index (κ2) is 10.5. The van der Waals surface area contributed by atoms with Gasteiger partial charge in [0, 0.05) is 0 Å². The van der Waals surface area contributed by atoms with Gasteiger partial charge in [-0.15, -0.1) is 0 Å². The molecular weight excluding hydrogens is 555 g/mol. The van der Waals surface area contributed by atoms with Gasteiger partial charge in [-0.1, -0.05) is 0 Å². The van der Waals surface area contributed by atoms with Gasteiger partial charge in [-0.2, -0.15) is 0 Å². The summed E-state index contributed by atoms with van der Waals surface area (Å²) in [7, 11) is -0.665. The Morgan fingerprint density at radius 3 is 1.57 bits per heavy atom. The van der Waals surface area contributed by atoms with Crippen molar-refractivity contribution in [2.24, 2.45) is 0 Å². The van der Waals surface area contributed by atoms with Crippen LogP contribution < -0.4 is 20.7 Å². The molecule has 0 atom stereocenters. The Hall–Kier alpha value is -2.23. The molecule has 0 aliphatic heterocycles. The minimum atomic E-state index is -3.10. The molecule has 0 bridgehead atoms. The standard InChI is InChI=1S/C32H38BrO2PSi/c1-32(2,37(4,5)34)24-27-23-26(21-22-31(27)35-3)25-36(33,28-15-9-6-10-16-28,29-17-11-7-12-18-29)30-19-13-8-14-20-30/h6-23,34H,24-25H2,1-5H3. The Labute approximate surface area is 231 Å². The van der Waals surface area contributed by atoms with Gasteiger partial charge in [0.25, 0.3) is 0 Å². The number of rotatable bonds is 9. The summed E-state index contributed by atoms with van der Waals surface area (Å²) in [4.78, 5) is 11.0. The van der Waals surface area contributed by atoms with Crippen LogP contribution in [0.3, 0.4) is 0 Å². The van der Waals surface area contributed by atoms with Gasteiger partial charge in [-0.25, -0.2) is 0 Å². The average Bonchev–Trinajstić information content (AvgIpc) is 2.89. The number of benzene rings is 4. The summed E-state index contributed by atoms with van der Waals surface area (Å²) < 4.78 is 5.80. The van der Waals surface area contributed by atoms with Crippen molar-refractivity contribution in [2.45, 2.75) is 44.6 Å². The summed E-state index contributed by atoms with van der Waals surface area (Å²) >= 11 is 4.57. The molecule has 0 fully saturated rings. The number of hydrogen-bond donors (Lipinski definition) is 1. The number of hydrogen-bond acceptors (Lipinski definition) is 2. The Morgan fingerprint density at radius 1 is 0.757 bits per heavy atom. The van der Waals surface area contributed by atoms with Crippen molar-refractivity contribution >= 4 is 45.0 Å². The maximum atomic E-state index is 11.0. The second-order valence-corrected chi connectivity index (χ2v) is 24.5. The van der Waals surface area contributed by atoms with E-state index in [1.165, 1.54) is 21.5 Å². The molecule has 0 unspecified atom stereocenters. The van der Waals surface area contributed by atoms with Gasteiger partial charge in [0.2, 0.25) is 0 Å². The molecule has 4 aromatic rings. The first kappa shape index (κ1) is 27.8. The van der Waals surface area contributed by atoms with Gasteiger partial charge in [-0.3, -0.25) is 0 Å². The van der Waals surface area contributed by atoms with E-state index in [2.05, 4.69) is 139 Å². The van der Waals surface area contributed by atoms with Crippen LogP contribution in [-0.4, -0.2) is 20.2 Å². The van der Waals surface area contributed by atoms with Crippen molar-refractivity contribution in [3.63, 3.8) is 0 Å². The van der Waals surface area contributed by atoms with Crippen molar-refractivity contribution in [1.29, 1.82) is 0 Å². The van der Waals surface area contributed by atoms with E-state index >= 15 is 0 Å². The van der Waals surface area contributed by atoms with Crippen LogP contribution in [-0.2, 0) is 12.6 Å². The molecule has 0 aliphatic carbocycles. The fourth-order valence-electron chi connectivity index (χ4n) is 5.04. The Balaban J connectivity index is 1.96. The molecule has 0 aromatic heterocycles. The third-order valence-corrected chi connectivity index (χ3v) is 21.0. The fraction of sp³-hybridized carbons (Fsp3) is 0.250. The summed E-state index contributed by atoms with van der Waals surface area (Å²) in [6.45, 7) is 8.39. The monoisotopic (exact) mass is 592 g/mol. The molecule has 37 heavy (non-hydrogen) atoms. The van der Waals surface area contributed by atoms with Crippen molar-refractivity contribution in [3.05, 3.63) is 120 Å². The van der Waals surface area contributed by atoms with Crippen LogP contribution in [0.5, 0.6) is 5.75 Å². The summed E-state index contributed by atoms with van der Waals surface area (Å²) in [6.07, 6.45) is 1.58. The van der Waals surface area contributed by atoms with Crippen LogP contribution in [0.1, 0.15) is 25.0 Å². The summed E-state index contributed by atoms with van der Waals surface area (Å²) in [5.41, 5.74) is 2.39. The molecule has 4 aromatic carbocycles. The summed E-state index contributed by atoms with van der Waals surface area (Å²) in [5, 5.41) is 0.596. The minimum absolute atomic E-state index is 0.197. The van der Waals surface area contributed by atoms with E-state index < -0.39 is 13.6 Å². The first-order valence-corrected chi connectivity index (χ1v) is 20.2. The van der Waals surface area contributed by atoms with E-state index in [0.29, 0.717) is 0 Å².